The number of rotatable bonds is 6. The van der Waals surface area contributed by atoms with Crippen LogP contribution in [0.5, 0.6) is 0 Å². The molecule has 0 saturated heterocycles. The summed E-state index contributed by atoms with van der Waals surface area (Å²) in [5.41, 5.74) is 0.557. The van der Waals surface area contributed by atoms with Gasteiger partial charge in [-0.25, -0.2) is 0 Å². The lowest BCUT2D eigenvalue weighted by molar-refractivity contribution is -0.137. The van der Waals surface area contributed by atoms with Crippen LogP contribution in [0.4, 0.5) is 0 Å². The van der Waals surface area contributed by atoms with Gasteiger partial charge in [-0.3, -0.25) is 4.79 Å². The van der Waals surface area contributed by atoms with E-state index in [1.165, 1.54) is 0 Å². The molecule has 0 aliphatic carbocycles. The molecule has 0 rings (SSSR count). The highest BCUT2D eigenvalue weighted by atomic mass is 28.3. The fraction of sp³-hybridized carbons (Fsp3) is 0.889. The van der Waals surface area contributed by atoms with E-state index in [2.05, 4.69) is 31.9 Å². The topological polar surface area (TPSA) is 49.3 Å². The van der Waals surface area contributed by atoms with Crippen LogP contribution in [0.2, 0.25) is 19.6 Å². The van der Waals surface area contributed by atoms with Gasteiger partial charge >= 0.3 is 5.97 Å². The molecular formula is C9H21NO2Si. The van der Waals surface area contributed by atoms with Crippen molar-refractivity contribution in [3.63, 3.8) is 0 Å². The highest BCUT2D eigenvalue weighted by Gasteiger charge is 2.21. The lowest BCUT2D eigenvalue weighted by Gasteiger charge is -2.26. The molecule has 0 fully saturated rings. The quantitative estimate of drug-likeness (QED) is 0.510. The Kier molecular flexibility index (Phi) is 5.25. The van der Waals surface area contributed by atoms with Crippen molar-refractivity contribution in [3.8, 4) is 0 Å². The Labute approximate surface area is 81.5 Å². The molecular weight excluding hydrogens is 182 g/mol. The first-order valence-corrected chi connectivity index (χ1v) is 8.37. The van der Waals surface area contributed by atoms with E-state index in [1.807, 2.05) is 0 Å². The van der Waals surface area contributed by atoms with Gasteiger partial charge in [0, 0.05) is 6.42 Å². The van der Waals surface area contributed by atoms with Crippen molar-refractivity contribution >= 4 is 14.0 Å². The maximum Gasteiger partial charge on any atom is 0.303 e. The van der Waals surface area contributed by atoms with Crippen molar-refractivity contribution in [1.29, 1.82) is 0 Å². The molecule has 13 heavy (non-hydrogen) atoms. The Hall–Kier alpha value is -0.353. The predicted octanol–water partition coefficient (Wildman–Crippen LogP) is 1.71. The van der Waals surface area contributed by atoms with E-state index in [1.54, 1.807) is 0 Å². The second-order valence-electron chi connectivity index (χ2n) is 4.54. The van der Waals surface area contributed by atoms with Crippen molar-refractivity contribution < 1.29 is 9.90 Å². The number of carboxylic acid groups (broad SMARTS) is 1. The minimum Gasteiger partial charge on any atom is -0.481 e. The lowest BCUT2D eigenvalue weighted by Crippen LogP contribution is -2.46. The van der Waals surface area contributed by atoms with Crippen LogP contribution < -0.4 is 5.32 Å². The second kappa shape index (κ2) is 5.39. The van der Waals surface area contributed by atoms with Crippen molar-refractivity contribution in [2.75, 3.05) is 6.54 Å². The van der Waals surface area contributed by atoms with E-state index in [-0.39, 0.29) is 6.42 Å². The smallest absolute Gasteiger partial charge is 0.303 e. The summed E-state index contributed by atoms with van der Waals surface area (Å²) < 4.78 is 0. The fourth-order valence-electron chi connectivity index (χ4n) is 0.864. The average molecular weight is 203 g/mol. The number of hydrogen-bond donors (Lipinski definition) is 2. The van der Waals surface area contributed by atoms with Crippen LogP contribution in [0.15, 0.2) is 0 Å². The van der Waals surface area contributed by atoms with E-state index in [9.17, 15) is 4.79 Å². The molecule has 0 aliphatic rings. The number of hydrogen-bond acceptors (Lipinski definition) is 2. The molecule has 0 aromatic heterocycles. The minimum absolute atomic E-state index is 0.269. The molecule has 0 radical (unpaired) electrons. The molecule has 3 nitrogen and oxygen atoms in total. The van der Waals surface area contributed by atoms with Gasteiger partial charge in [-0.1, -0.05) is 26.6 Å². The molecule has 4 heteroatoms. The standard InChI is InChI=1S/C9H21NO2Si/c1-8(13(2,3)4)10-7-5-6-9(11)12/h8,10H,5-7H2,1-4H3,(H,11,12). The predicted molar refractivity (Wildman–Crippen MR) is 57.7 cm³/mol. The lowest BCUT2D eigenvalue weighted by atomic mass is 10.3. The highest BCUT2D eigenvalue weighted by molar-refractivity contribution is 6.77. The summed E-state index contributed by atoms with van der Waals surface area (Å²) in [5.74, 6) is -0.706. The molecule has 0 aromatic carbocycles. The normalized spacial score (nSPS) is 14.2. The molecule has 0 aromatic rings. The van der Waals surface area contributed by atoms with Gasteiger partial charge in [0.2, 0.25) is 0 Å². The average Bonchev–Trinajstić information content (AvgIpc) is 1.95. The number of carbonyl (C=O) groups is 1. The Morgan fingerprint density at radius 3 is 2.38 bits per heavy atom. The van der Waals surface area contributed by atoms with Gasteiger partial charge in [-0.05, 0) is 18.6 Å². The van der Waals surface area contributed by atoms with Crippen LogP contribution >= 0.6 is 0 Å². The van der Waals surface area contributed by atoms with Gasteiger partial charge in [0.25, 0.3) is 0 Å². The molecule has 0 bridgehead atoms. The third-order valence-corrected chi connectivity index (χ3v) is 5.12. The van der Waals surface area contributed by atoms with Gasteiger partial charge in [0.1, 0.15) is 0 Å². The monoisotopic (exact) mass is 203 g/mol. The Morgan fingerprint density at radius 1 is 1.46 bits per heavy atom. The third-order valence-electron chi connectivity index (χ3n) is 2.32. The fourth-order valence-corrected chi connectivity index (χ4v) is 1.62. The van der Waals surface area contributed by atoms with Crippen LogP contribution in [0.3, 0.4) is 0 Å². The van der Waals surface area contributed by atoms with Crippen molar-refractivity contribution in [2.24, 2.45) is 0 Å². The number of nitrogens with one attached hydrogen (secondary N) is 1. The van der Waals surface area contributed by atoms with E-state index >= 15 is 0 Å². The van der Waals surface area contributed by atoms with Gasteiger partial charge in [0.05, 0.1) is 8.07 Å². The molecule has 0 saturated carbocycles. The van der Waals surface area contributed by atoms with Crippen LogP contribution in [-0.4, -0.2) is 31.4 Å². The summed E-state index contributed by atoms with van der Waals surface area (Å²) in [6.07, 6.45) is 0.996. The van der Waals surface area contributed by atoms with Crippen LogP contribution in [0.25, 0.3) is 0 Å². The summed E-state index contributed by atoms with van der Waals surface area (Å²) >= 11 is 0. The highest BCUT2D eigenvalue weighted by Crippen LogP contribution is 2.06. The van der Waals surface area contributed by atoms with E-state index in [0.29, 0.717) is 5.67 Å². The molecule has 2 N–H and O–H groups in total. The van der Waals surface area contributed by atoms with Gasteiger partial charge in [0.15, 0.2) is 0 Å². The van der Waals surface area contributed by atoms with Crippen molar-refractivity contribution in [2.45, 2.75) is 45.1 Å². The van der Waals surface area contributed by atoms with Crippen molar-refractivity contribution in [3.05, 3.63) is 0 Å². The zero-order chi connectivity index (χ0) is 10.5. The van der Waals surface area contributed by atoms with E-state index in [0.717, 1.165) is 13.0 Å². The van der Waals surface area contributed by atoms with Crippen molar-refractivity contribution in [1.82, 2.24) is 5.32 Å². The molecule has 0 heterocycles. The largest absolute Gasteiger partial charge is 0.481 e. The first kappa shape index (κ1) is 12.6. The maximum atomic E-state index is 10.2. The molecule has 1 atom stereocenters. The number of carboxylic acids is 1. The summed E-state index contributed by atoms with van der Waals surface area (Å²) in [6, 6.07) is 0. The zero-order valence-corrected chi connectivity index (χ0v) is 10.1. The Balaban J connectivity index is 3.49. The molecule has 1 unspecified atom stereocenters. The van der Waals surface area contributed by atoms with Gasteiger partial charge in [-0.15, -0.1) is 0 Å². The molecule has 78 valence electrons. The maximum absolute atomic E-state index is 10.2. The van der Waals surface area contributed by atoms with Gasteiger partial charge < -0.3 is 10.4 Å². The summed E-state index contributed by atoms with van der Waals surface area (Å²) in [6.45, 7) is 9.93. The minimum atomic E-state index is -1.10. The molecule has 0 amide bonds. The SMILES string of the molecule is CC(NCCCC(=O)O)[Si](C)(C)C. The van der Waals surface area contributed by atoms with E-state index < -0.39 is 14.0 Å². The summed E-state index contributed by atoms with van der Waals surface area (Å²) in [7, 11) is -1.10. The third kappa shape index (κ3) is 6.78. The summed E-state index contributed by atoms with van der Waals surface area (Å²) in [4.78, 5) is 10.2. The Bertz CT molecular complexity index is 165. The first-order valence-electron chi connectivity index (χ1n) is 4.79. The Morgan fingerprint density at radius 2 is 2.00 bits per heavy atom. The first-order chi connectivity index (χ1) is 5.84. The molecule has 0 spiro atoms. The van der Waals surface area contributed by atoms with E-state index in [4.69, 9.17) is 5.11 Å². The number of aliphatic carboxylic acids is 1. The summed E-state index contributed by atoms with van der Waals surface area (Å²) in [5, 5.41) is 11.8. The van der Waals surface area contributed by atoms with Crippen LogP contribution in [0.1, 0.15) is 19.8 Å². The second-order valence-corrected chi connectivity index (χ2v) is 10.1. The van der Waals surface area contributed by atoms with Crippen LogP contribution in [0, 0.1) is 0 Å². The zero-order valence-electron chi connectivity index (χ0n) is 9.05. The van der Waals surface area contributed by atoms with Gasteiger partial charge in [-0.2, -0.15) is 0 Å². The molecule has 0 aliphatic heterocycles. The van der Waals surface area contributed by atoms with Crippen LogP contribution in [-0.2, 0) is 4.79 Å².